The monoisotopic (exact) mass is 350 g/mol. The first kappa shape index (κ1) is 16.6. The molecule has 2 aromatic carbocycles. The number of nitrogens with one attached hydrogen (secondary N) is 1. The quantitative estimate of drug-likeness (QED) is 0.785. The lowest BCUT2D eigenvalue weighted by atomic mass is 10.1. The van der Waals surface area contributed by atoms with Gasteiger partial charge in [0, 0.05) is 31.7 Å². The summed E-state index contributed by atoms with van der Waals surface area (Å²) in [6, 6.07) is 15.4. The number of imidazole rings is 1. The molecule has 1 saturated heterocycles. The van der Waals surface area contributed by atoms with Crippen LogP contribution >= 0.6 is 0 Å². The summed E-state index contributed by atoms with van der Waals surface area (Å²) >= 11 is 0. The van der Waals surface area contributed by atoms with Gasteiger partial charge in [0.1, 0.15) is 11.6 Å². The number of ether oxygens (including phenoxy) is 1. The normalized spacial score (nSPS) is 15.3. The van der Waals surface area contributed by atoms with E-state index in [0.717, 1.165) is 49.6 Å². The van der Waals surface area contributed by atoms with Crippen molar-refractivity contribution in [3.63, 3.8) is 0 Å². The number of fused-ring (bicyclic) bond motifs is 1. The molecule has 0 aliphatic carbocycles. The number of rotatable bonds is 4. The number of nitrogens with zero attached hydrogens (tertiary/aromatic N) is 3. The molecule has 1 N–H and O–H groups in total. The Hall–Kier alpha value is -2.86. The van der Waals surface area contributed by atoms with Gasteiger partial charge in [-0.25, -0.2) is 4.98 Å². The number of hydrogen-bond donors (Lipinski definition) is 1. The number of hydrogen-bond acceptors (Lipinski definition) is 4. The van der Waals surface area contributed by atoms with Crippen LogP contribution in [0.4, 0.5) is 0 Å². The molecule has 0 atom stereocenters. The van der Waals surface area contributed by atoms with Crippen molar-refractivity contribution in [1.29, 1.82) is 0 Å². The van der Waals surface area contributed by atoms with Crippen LogP contribution < -0.4 is 4.74 Å². The van der Waals surface area contributed by atoms with E-state index in [1.54, 1.807) is 13.2 Å². The highest BCUT2D eigenvalue weighted by molar-refractivity contribution is 5.94. The summed E-state index contributed by atoms with van der Waals surface area (Å²) in [6.45, 7) is 3.89. The zero-order valence-electron chi connectivity index (χ0n) is 14.8. The van der Waals surface area contributed by atoms with Gasteiger partial charge in [-0.15, -0.1) is 0 Å². The van der Waals surface area contributed by atoms with E-state index in [9.17, 15) is 4.79 Å². The van der Waals surface area contributed by atoms with Crippen molar-refractivity contribution in [2.75, 3.05) is 33.3 Å². The van der Waals surface area contributed by atoms with Crippen LogP contribution in [-0.2, 0) is 6.54 Å². The molecule has 1 aromatic heterocycles. The maximum Gasteiger partial charge on any atom is 0.254 e. The molecule has 134 valence electrons. The van der Waals surface area contributed by atoms with E-state index < -0.39 is 0 Å². The number of aromatic amines is 1. The predicted octanol–water partition coefficient (Wildman–Crippen LogP) is 2.53. The molecule has 26 heavy (non-hydrogen) atoms. The highest BCUT2D eigenvalue weighted by atomic mass is 16.5. The first-order valence-corrected chi connectivity index (χ1v) is 8.82. The van der Waals surface area contributed by atoms with Crippen LogP contribution in [0.2, 0.25) is 0 Å². The fourth-order valence-electron chi connectivity index (χ4n) is 3.34. The lowest BCUT2D eigenvalue weighted by Gasteiger charge is -2.34. The molecule has 1 fully saturated rings. The van der Waals surface area contributed by atoms with E-state index in [4.69, 9.17) is 4.74 Å². The molecule has 1 aliphatic rings. The van der Waals surface area contributed by atoms with Crippen molar-refractivity contribution in [1.82, 2.24) is 19.8 Å². The van der Waals surface area contributed by atoms with Crippen LogP contribution in [0.3, 0.4) is 0 Å². The van der Waals surface area contributed by atoms with Gasteiger partial charge >= 0.3 is 0 Å². The van der Waals surface area contributed by atoms with Gasteiger partial charge in [-0.3, -0.25) is 9.69 Å². The number of carbonyl (C=O) groups excluding carboxylic acids is 1. The standard InChI is InChI=1S/C20H22N4O2/c1-26-16-6-4-5-15(13-16)20(25)24-11-9-23(10-12-24)14-19-21-17-7-2-3-8-18(17)22-19/h2-8,13H,9-12,14H2,1H3,(H,21,22). The van der Waals surface area contributed by atoms with E-state index in [0.29, 0.717) is 11.3 Å². The highest BCUT2D eigenvalue weighted by Crippen LogP contribution is 2.17. The number of para-hydroxylation sites is 2. The van der Waals surface area contributed by atoms with E-state index in [1.165, 1.54) is 0 Å². The predicted molar refractivity (Wildman–Crippen MR) is 100 cm³/mol. The smallest absolute Gasteiger partial charge is 0.254 e. The Balaban J connectivity index is 1.36. The third-order valence-electron chi connectivity index (χ3n) is 4.79. The maximum atomic E-state index is 12.7. The molecule has 3 aromatic rings. The number of carbonyl (C=O) groups is 1. The Bertz CT molecular complexity index is 880. The molecule has 0 unspecified atom stereocenters. The van der Waals surface area contributed by atoms with E-state index in [2.05, 4.69) is 14.9 Å². The highest BCUT2D eigenvalue weighted by Gasteiger charge is 2.23. The lowest BCUT2D eigenvalue weighted by molar-refractivity contribution is 0.0625. The summed E-state index contributed by atoms with van der Waals surface area (Å²) in [7, 11) is 1.61. The SMILES string of the molecule is COc1cccc(C(=O)N2CCN(Cc3nc4ccccc4[nH]3)CC2)c1. The Morgan fingerprint density at radius 1 is 1.12 bits per heavy atom. The number of amides is 1. The molecule has 4 rings (SSSR count). The molecule has 6 nitrogen and oxygen atoms in total. The van der Waals surface area contributed by atoms with Crippen LogP contribution in [0.25, 0.3) is 11.0 Å². The summed E-state index contributed by atoms with van der Waals surface area (Å²) in [6.07, 6.45) is 0. The summed E-state index contributed by atoms with van der Waals surface area (Å²) in [5.74, 6) is 1.74. The summed E-state index contributed by atoms with van der Waals surface area (Å²) in [5, 5.41) is 0. The molecule has 1 aliphatic heterocycles. The average molecular weight is 350 g/mol. The van der Waals surface area contributed by atoms with Gasteiger partial charge < -0.3 is 14.6 Å². The number of methoxy groups -OCH3 is 1. The Morgan fingerprint density at radius 3 is 2.69 bits per heavy atom. The van der Waals surface area contributed by atoms with Crippen molar-refractivity contribution < 1.29 is 9.53 Å². The van der Waals surface area contributed by atoms with Crippen LogP contribution in [0, 0.1) is 0 Å². The summed E-state index contributed by atoms with van der Waals surface area (Å²) < 4.78 is 5.21. The van der Waals surface area contributed by atoms with Crippen molar-refractivity contribution in [2.45, 2.75) is 6.54 Å². The molecule has 0 radical (unpaired) electrons. The minimum Gasteiger partial charge on any atom is -0.497 e. The number of H-pyrrole nitrogens is 1. The number of aromatic nitrogens is 2. The molecule has 6 heteroatoms. The molecule has 0 bridgehead atoms. The topological polar surface area (TPSA) is 61.5 Å². The van der Waals surface area contributed by atoms with Crippen molar-refractivity contribution in [3.05, 3.63) is 59.9 Å². The molecule has 0 spiro atoms. The minimum atomic E-state index is 0.0623. The fraction of sp³-hybridized carbons (Fsp3) is 0.300. The van der Waals surface area contributed by atoms with Gasteiger partial charge in [-0.05, 0) is 30.3 Å². The summed E-state index contributed by atoms with van der Waals surface area (Å²) in [5.41, 5.74) is 2.73. The van der Waals surface area contributed by atoms with Crippen LogP contribution in [0.5, 0.6) is 5.75 Å². The third kappa shape index (κ3) is 3.41. The van der Waals surface area contributed by atoms with Crippen molar-refractivity contribution >= 4 is 16.9 Å². The zero-order chi connectivity index (χ0) is 17.9. The van der Waals surface area contributed by atoms with Crippen molar-refractivity contribution in [2.24, 2.45) is 0 Å². The van der Waals surface area contributed by atoms with Gasteiger partial charge in [-0.2, -0.15) is 0 Å². The summed E-state index contributed by atoms with van der Waals surface area (Å²) in [4.78, 5) is 24.9. The van der Waals surface area contributed by atoms with Gasteiger partial charge in [0.15, 0.2) is 0 Å². The van der Waals surface area contributed by atoms with Crippen molar-refractivity contribution in [3.8, 4) is 5.75 Å². The van der Waals surface area contributed by atoms with E-state index in [-0.39, 0.29) is 5.91 Å². The molecule has 0 saturated carbocycles. The first-order chi connectivity index (χ1) is 12.7. The Kier molecular flexibility index (Phi) is 4.58. The number of benzene rings is 2. The Morgan fingerprint density at radius 2 is 1.92 bits per heavy atom. The van der Waals surface area contributed by atoms with Crippen LogP contribution in [0.15, 0.2) is 48.5 Å². The number of piperazine rings is 1. The van der Waals surface area contributed by atoms with Crippen LogP contribution in [-0.4, -0.2) is 59.0 Å². The third-order valence-corrected chi connectivity index (χ3v) is 4.79. The second-order valence-electron chi connectivity index (χ2n) is 6.50. The van der Waals surface area contributed by atoms with Gasteiger partial charge in [-0.1, -0.05) is 18.2 Å². The molecular weight excluding hydrogens is 328 g/mol. The second-order valence-corrected chi connectivity index (χ2v) is 6.50. The lowest BCUT2D eigenvalue weighted by Crippen LogP contribution is -2.48. The van der Waals surface area contributed by atoms with Gasteiger partial charge in [0.05, 0.1) is 24.7 Å². The minimum absolute atomic E-state index is 0.0623. The zero-order valence-corrected chi connectivity index (χ0v) is 14.8. The van der Waals surface area contributed by atoms with Crippen LogP contribution in [0.1, 0.15) is 16.2 Å². The largest absolute Gasteiger partial charge is 0.497 e. The molecular formula is C20H22N4O2. The first-order valence-electron chi connectivity index (χ1n) is 8.82. The molecule has 1 amide bonds. The van der Waals surface area contributed by atoms with Gasteiger partial charge in [0.2, 0.25) is 0 Å². The average Bonchev–Trinajstić information content (AvgIpc) is 3.10. The second kappa shape index (κ2) is 7.17. The van der Waals surface area contributed by atoms with Gasteiger partial charge in [0.25, 0.3) is 5.91 Å². The van der Waals surface area contributed by atoms with E-state index in [1.807, 2.05) is 47.4 Å². The fourth-order valence-corrected chi connectivity index (χ4v) is 3.34. The maximum absolute atomic E-state index is 12.7. The molecule has 2 heterocycles. The van der Waals surface area contributed by atoms with E-state index >= 15 is 0 Å². The Labute approximate surface area is 152 Å².